The van der Waals surface area contributed by atoms with Crippen LogP contribution < -0.4 is 9.80 Å². The Morgan fingerprint density at radius 3 is 2.54 bits per heavy atom. The van der Waals surface area contributed by atoms with Gasteiger partial charge in [-0.3, -0.25) is 0 Å². The van der Waals surface area contributed by atoms with E-state index < -0.39 is 0 Å². The van der Waals surface area contributed by atoms with Gasteiger partial charge in [0.1, 0.15) is 5.58 Å². The smallest absolute Gasteiger partial charge is 0.159 e. The summed E-state index contributed by atoms with van der Waals surface area (Å²) in [6.07, 6.45) is 20.0. The maximum absolute atomic E-state index is 6.82. The Morgan fingerprint density at radius 1 is 0.778 bits per heavy atom. The highest BCUT2D eigenvalue weighted by Crippen LogP contribution is 2.55. The number of fused-ring (bicyclic) bond motifs is 11. The molecular weight excluding hydrogens is 657 g/mol. The number of hydrogen-bond acceptors (Lipinski definition) is 3. The Labute approximate surface area is 315 Å². The lowest BCUT2D eigenvalue weighted by molar-refractivity contribution is 0.547. The quantitative estimate of drug-likeness (QED) is 0.171. The fraction of sp³-hybridized carbons (Fsp3) is 0.176. The van der Waals surface area contributed by atoms with Gasteiger partial charge in [0.25, 0.3) is 0 Å². The average Bonchev–Trinajstić information content (AvgIpc) is 3.87. The van der Waals surface area contributed by atoms with Crippen LogP contribution in [0.25, 0.3) is 49.1 Å². The highest BCUT2D eigenvalue weighted by molar-refractivity contribution is 6.13. The Bertz CT molecular complexity index is 2880. The molecule has 2 heterocycles. The Balaban J connectivity index is 1.05. The van der Waals surface area contributed by atoms with Crippen molar-refractivity contribution in [3.8, 4) is 0 Å². The maximum atomic E-state index is 6.82. The van der Waals surface area contributed by atoms with Gasteiger partial charge in [-0.15, -0.1) is 0 Å². The number of furan rings is 1. The van der Waals surface area contributed by atoms with Crippen molar-refractivity contribution >= 4 is 60.4 Å². The summed E-state index contributed by atoms with van der Waals surface area (Å²) in [5.74, 6) is 1.06. The third-order valence-electron chi connectivity index (χ3n) is 13.1. The van der Waals surface area contributed by atoms with Crippen LogP contribution in [-0.4, -0.2) is 12.1 Å². The SMILES string of the molecule is CC1CC=CC=C1N1c2ccccc2C2C=CC(N(c3cccc4c3oc3ccccc34)C3CC=C4c5cccc6cc7ccccc7c(c56)C4C3)=CC21. The fourth-order valence-corrected chi connectivity index (χ4v) is 10.8. The second-order valence-corrected chi connectivity index (χ2v) is 15.9. The monoisotopic (exact) mass is 696 g/mol. The number of anilines is 2. The zero-order chi connectivity index (χ0) is 35.5. The highest BCUT2D eigenvalue weighted by Gasteiger charge is 2.43. The van der Waals surface area contributed by atoms with E-state index in [-0.39, 0.29) is 12.1 Å². The minimum absolute atomic E-state index is 0.183. The van der Waals surface area contributed by atoms with Crippen LogP contribution in [0.5, 0.6) is 0 Å². The van der Waals surface area contributed by atoms with Gasteiger partial charge in [-0.25, -0.2) is 0 Å². The molecule has 5 atom stereocenters. The first-order valence-corrected chi connectivity index (χ1v) is 19.7. The van der Waals surface area contributed by atoms with E-state index in [1.165, 1.54) is 71.7 Å². The Kier molecular flexibility index (Phi) is 6.46. The number of rotatable bonds is 4. The van der Waals surface area contributed by atoms with E-state index in [1.807, 2.05) is 0 Å². The maximum Gasteiger partial charge on any atom is 0.159 e. The molecule has 0 radical (unpaired) electrons. The van der Waals surface area contributed by atoms with Crippen LogP contribution >= 0.6 is 0 Å². The molecule has 0 saturated heterocycles. The van der Waals surface area contributed by atoms with Crippen LogP contribution in [-0.2, 0) is 0 Å². The van der Waals surface area contributed by atoms with Crippen molar-refractivity contribution in [1.29, 1.82) is 0 Å². The molecule has 4 aliphatic carbocycles. The molecule has 7 aromatic rings. The van der Waals surface area contributed by atoms with Gasteiger partial charge in [-0.1, -0.05) is 122 Å². The summed E-state index contributed by atoms with van der Waals surface area (Å²) in [5.41, 5.74) is 12.9. The first-order valence-electron chi connectivity index (χ1n) is 19.7. The molecule has 3 nitrogen and oxygen atoms in total. The molecule has 260 valence electrons. The second-order valence-electron chi connectivity index (χ2n) is 15.9. The lowest BCUT2D eigenvalue weighted by Gasteiger charge is -2.41. The third kappa shape index (κ3) is 4.24. The molecule has 0 amide bonds. The van der Waals surface area contributed by atoms with Gasteiger partial charge in [-0.05, 0) is 111 Å². The lowest BCUT2D eigenvalue weighted by atomic mass is 9.80. The summed E-state index contributed by atoms with van der Waals surface area (Å²) in [6.45, 7) is 2.37. The predicted octanol–water partition coefficient (Wildman–Crippen LogP) is 12.9. The lowest BCUT2D eigenvalue weighted by Crippen LogP contribution is -2.40. The van der Waals surface area contributed by atoms with Gasteiger partial charge < -0.3 is 14.2 Å². The number of para-hydroxylation sites is 3. The van der Waals surface area contributed by atoms with Crippen molar-refractivity contribution in [2.45, 2.75) is 50.1 Å². The van der Waals surface area contributed by atoms with E-state index in [0.29, 0.717) is 17.8 Å². The van der Waals surface area contributed by atoms with Crippen molar-refractivity contribution < 1.29 is 4.42 Å². The van der Waals surface area contributed by atoms with Crippen LogP contribution in [0, 0.1) is 5.92 Å². The molecule has 0 saturated carbocycles. The molecule has 12 rings (SSSR count). The minimum Gasteiger partial charge on any atom is -0.454 e. The second kappa shape index (κ2) is 11.5. The molecule has 0 spiro atoms. The molecule has 3 heteroatoms. The molecule has 1 aromatic heterocycles. The normalized spacial score (nSPS) is 23.8. The standard InChI is InChI=1S/C51H40N2O/c1-31-12-2-7-20-44(31)53-45-21-8-5-16-38(45)39-27-25-35(30-47(39)53)52(46-22-11-19-42-40-17-6-9-23-48(40)54-51(42)46)34-24-26-37-41-18-10-14-33-28-32-13-3-4-15-36(32)50(49(33)41)43(37)29-34/h2-11,13-23,25-28,30-31,34,39,43,47H,12,24,29H2,1H3. The van der Waals surface area contributed by atoms with E-state index in [4.69, 9.17) is 4.42 Å². The summed E-state index contributed by atoms with van der Waals surface area (Å²) in [6, 6.07) is 43.0. The summed E-state index contributed by atoms with van der Waals surface area (Å²) in [7, 11) is 0. The van der Waals surface area contributed by atoms with Gasteiger partial charge in [-0.2, -0.15) is 0 Å². The molecule has 0 bridgehead atoms. The summed E-state index contributed by atoms with van der Waals surface area (Å²) >= 11 is 0. The molecule has 0 fully saturated rings. The minimum atomic E-state index is 0.183. The van der Waals surface area contributed by atoms with Gasteiger partial charge in [0.2, 0.25) is 0 Å². The molecule has 6 aromatic carbocycles. The number of allylic oxidation sites excluding steroid dienone is 6. The largest absolute Gasteiger partial charge is 0.454 e. The molecule has 5 unspecified atom stereocenters. The van der Waals surface area contributed by atoms with Crippen molar-refractivity contribution in [3.63, 3.8) is 0 Å². The Morgan fingerprint density at radius 2 is 1.59 bits per heavy atom. The van der Waals surface area contributed by atoms with Crippen LogP contribution in [0.3, 0.4) is 0 Å². The molecule has 1 aliphatic heterocycles. The zero-order valence-electron chi connectivity index (χ0n) is 30.3. The third-order valence-corrected chi connectivity index (χ3v) is 13.1. The van der Waals surface area contributed by atoms with Crippen molar-refractivity contribution in [3.05, 3.63) is 186 Å². The summed E-state index contributed by atoms with van der Waals surface area (Å²) in [5, 5.41) is 7.85. The first kappa shape index (κ1) is 30.4. The van der Waals surface area contributed by atoms with E-state index in [1.54, 1.807) is 0 Å². The van der Waals surface area contributed by atoms with Gasteiger partial charge in [0.05, 0.1) is 11.7 Å². The Hall–Kier alpha value is -6.06. The predicted molar refractivity (Wildman–Crippen MR) is 225 cm³/mol. The molecule has 0 N–H and O–H groups in total. The zero-order valence-corrected chi connectivity index (χ0v) is 30.3. The first-order chi connectivity index (χ1) is 26.7. The van der Waals surface area contributed by atoms with Gasteiger partial charge in [0.15, 0.2) is 5.58 Å². The average molecular weight is 697 g/mol. The summed E-state index contributed by atoms with van der Waals surface area (Å²) in [4.78, 5) is 5.31. The van der Waals surface area contributed by atoms with E-state index in [9.17, 15) is 0 Å². The molecular formula is C51H40N2O. The van der Waals surface area contributed by atoms with E-state index >= 15 is 0 Å². The number of hydrogen-bond donors (Lipinski definition) is 0. The topological polar surface area (TPSA) is 19.6 Å². The van der Waals surface area contributed by atoms with Crippen LogP contribution in [0.1, 0.15) is 54.7 Å². The van der Waals surface area contributed by atoms with Crippen molar-refractivity contribution in [2.24, 2.45) is 5.92 Å². The number of nitrogens with zero attached hydrogens (tertiary/aromatic N) is 2. The van der Waals surface area contributed by atoms with Gasteiger partial charge >= 0.3 is 0 Å². The van der Waals surface area contributed by atoms with E-state index in [0.717, 1.165) is 36.1 Å². The van der Waals surface area contributed by atoms with Crippen LogP contribution in [0.15, 0.2) is 174 Å². The van der Waals surface area contributed by atoms with E-state index in [2.05, 4.69) is 175 Å². The number of benzene rings is 6. The van der Waals surface area contributed by atoms with Crippen LogP contribution in [0.2, 0.25) is 0 Å². The summed E-state index contributed by atoms with van der Waals surface area (Å²) < 4.78 is 6.82. The van der Waals surface area contributed by atoms with Crippen molar-refractivity contribution in [1.82, 2.24) is 0 Å². The van der Waals surface area contributed by atoms with Crippen molar-refractivity contribution in [2.75, 3.05) is 9.80 Å². The molecule has 5 aliphatic rings. The molecule has 54 heavy (non-hydrogen) atoms. The van der Waals surface area contributed by atoms with Crippen LogP contribution in [0.4, 0.5) is 11.4 Å². The highest BCUT2D eigenvalue weighted by atomic mass is 16.3. The van der Waals surface area contributed by atoms with Gasteiger partial charge in [0, 0.05) is 45.7 Å². The fourth-order valence-electron chi connectivity index (χ4n) is 10.8.